The molecule has 6 rings (SSSR count). The molecule has 0 atom stereocenters. The van der Waals surface area contributed by atoms with Crippen LogP contribution in [0.5, 0.6) is 0 Å². The van der Waals surface area contributed by atoms with Gasteiger partial charge in [0.2, 0.25) is 0 Å². The van der Waals surface area contributed by atoms with E-state index in [4.69, 9.17) is 5.11 Å². The van der Waals surface area contributed by atoms with E-state index in [1.54, 1.807) is 0 Å². The molecule has 2 saturated carbocycles. The average molecular weight is 466 g/mol. The number of carboxylic acids is 1. The molecule has 1 amide bonds. The van der Waals surface area contributed by atoms with E-state index >= 15 is 0 Å². The average Bonchev–Trinajstić information content (AvgIpc) is 3.23. The van der Waals surface area contributed by atoms with Gasteiger partial charge in [-0.1, -0.05) is 66.7 Å². The van der Waals surface area contributed by atoms with Gasteiger partial charge in [0.05, 0.1) is 29.7 Å². The molecule has 2 fully saturated rings. The number of benzene rings is 3. The van der Waals surface area contributed by atoms with Crippen LogP contribution in [0.4, 0.5) is 0 Å². The van der Waals surface area contributed by atoms with Gasteiger partial charge < -0.3 is 10.4 Å². The maximum Gasteiger partial charge on any atom is 0.306 e. The number of rotatable bonds is 6. The summed E-state index contributed by atoms with van der Waals surface area (Å²) < 4.78 is 1.90. The van der Waals surface area contributed by atoms with Gasteiger partial charge in [-0.2, -0.15) is 5.10 Å². The third-order valence-corrected chi connectivity index (χ3v) is 7.70. The zero-order chi connectivity index (χ0) is 24.0. The number of carbonyl (C=O) groups excluding carboxylic acids is 1. The zero-order valence-corrected chi connectivity index (χ0v) is 19.4. The number of amides is 1. The Balaban J connectivity index is 1.17. The van der Waals surface area contributed by atoms with Crippen LogP contribution in [0.25, 0.3) is 22.0 Å². The van der Waals surface area contributed by atoms with Crippen LogP contribution in [0.15, 0.2) is 79.0 Å². The molecule has 2 N–H and O–H groups in total. The quantitative estimate of drug-likeness (QED) is 0.414. The molecule has 1 aromatic heterocycles. The second kappa shape index (κ2) is 8.38. The van der Waals surface area contributed by atoms with Gasteiger partial charge in [0.1, 0.15) is 0 Å². The van der Waals surface area contributed by atoms with E-state index in [1.165, 1.54) is 11.1 Å². The molecule has 2 aliphatic rings. The highest BCUT2D eigenvalue weighted by molar-refractivity contribution is 6.05. The SMILES string of the molecule is O=C(NC1CC2(C1)CC(C(=O)O)C2)c1cccc2cnn(Cc3ccc(-c4ccccc4)cc3)c12. The van der Waals surface area contributed by atoms with Crippen molar-refractivity contribution in [2.24, 2.45) is 11.3 Å². The first-order valence-electron chi connectivity index (χ1n) is 12.1. The molecule has 0 bridgehead atoms. The third kappa shape index (κ3) is 3.99. The molecule has 0 unspecified atom stereocenters. The lowest BCUT2D eigenvalue weighted by Gasteiger charge is -2.56. The number of fused-ring (bicyclic) bond motifs is 1. The van der Waals surface area contributed by atoms with Crippen molar-refractivity contribution in [3.05, 3.63) is 90.1 Å². The molecule has 6 heteroatoms. The fourth-order valence-corrected chi connectivity index (χ4v) is 5.90. The van der Waals surface area contributed by atoms with E-state index < -0.39 is 5.97 Å². The summed E-state index contributed by atoms with van der Waals surface area (Å²) in [6.07, 6.45) is 5.01. The third-order valence-electron chi connectivity index (χ3n) is 7.70. The minimum atomic E-state index is -0.697. The summed E-state index contributed by atoms with van der Waals surface area (Å²) in [6, 6.07) is 24.6. The van der Waals surface area contributed by atoms with E-state index in [0.29, 0.717) is 12.1 Å². The number of nitrogens with zero attached hydrogens (tertiary/aromatic N) is 2. The zero-order valence-electron chi connectivity index (χ0n) is 19.4. The Kier molecular flexibility index (Phi) is 5.17. The standard InChI is InChI=1S/C29H27N3O3/c33-27(31-24-15-29(16-24)13-23(14-29)28(34)35)25-8-4-7-22-17-30-32(26(22)25)18-19-9-11-21(12-10-19)20-5-2-1-3-6-20/h1-12,17,23-24H,13-16,18H2,(H,31,33)(H,34,35). The van der Waals surface area contributed by atoms with E-state index in [1.807, 2.05) is 47.3 Å². The highest BCUT2D eigenvalue weighted by Gasteiger charge is 2.55. The fourth-order valence-electron chi connectivity index (χ4n) is 5.90. The Bertz CT molecular complexity index is 1390. The van der Waals surface area contributed by atoms with E-state index in [0.717, 1.165) is 42.1 Å². The van der Waals surface area contributed by atoms with Crippen molar-refractivity contribution < 1.29 is 14.7 Å². The summed E-state index contributed by atoms with van der Waals surface area (Å²) in [6.45, 7) is 0.575. The molecular formula is C29H27N3O3. The molecule has 0 aliphatic heterocycles. The van der Waals surface area contributed by atoms with Crippen molar-refractivity contribution >= 4 is 22.8 Å². The van der Waals surface area contributed by atoms with E-state index in [2.05, 4.69) is 46.8 Å². The number of nitrogens with one attached hydrogen (secondary N) is 1. The molecule has 0 radical (unpaired) electrons. The summed E-state index contributed by atoms with van der Waals surface area (Å²) in [4.78, 5) is 24.3. The number of aromatic nitrogens is 2. The second-order valence-electron chi connectivity index (χ2n) is 10.1. The first-order valence-corrected chi connectivity index (χ1v) is 12.1. The molecule has 1 spiro atoms. The molecule has 4 aromatic rings. The van der Waals surface area contributed by atoms with Crippen molar-refractivity contribution in [3.63, 3.8) is 0 Å². The van der Waals surface area contributed by atoms with E-state index in [9.17, 15) is 9.59 Å². The van der Waals surface area contributed by atoms with Gasteiger partial charge in [-0.15, -0.1) is 0 Å². The first kappa shape index (κ1) is 21.6. The van der Waals surface area contributed by atoms with Crippen LogP contribution in [-0.2, 0) is 11.3 Å². The summed E-state index contributed by atoms with van der Waals surface area (Å²) >= 11 is 0. The van der Waals surface area contributed by atoms with Crippen LogP contribution in [0, 0.1) is 11.3 Å². The van der Waals surface area contributed by atoms with Crippen LogP contribution in [0.1, 0.15) is 41.6 Å². The van der Waals surface area contributed by atoms with Gasteiger partial charge in [0.15, 0.2) is 0 Å². The number of para-hydroxylation sites is 1. The molecule has 0 saturated heterocycles. The van der Waals surface area contributed by atoms with Crippen molar-refractivity contribution in [1.29, 1.82) is 0 Å². The largest absolute Gasteiger partial charge is 0.481 e. The van der Waals surface area contributed by atoms with Gasteiger partial charge in [0.25, 0.3) is 5.91 Å². The maximum atomic E-state index is 13.2. The van der Waals surface area contributed by atoms with Crippen LogP contribution < -0.4 is 5.32 Å². The van der Waals surface area contributed by atoms with Crippen LogP contribution in [0.2, 0.25) is 0 Å². The number of carboxylic acid groups (broad SMARTS) is 1. The first-order chi connectivity index (χ1) is 17.0. The van der Waals surface area contributed by atoms with Crippen LogP contribution in [0.3, 0.4) is 0 Å². The predicted molar refractivity (Wildman–Crippen MR) is 134 cm³/mol. The summed E-state index contributed by atoms with van der Waals surface area (Å²) in [5.74, 6) is -1.00. The Morgan fingerprint density at radius 3 is 2.34 bits per heavy atom. The lowest BCUT2D eigenvalue weighted by Crippen LogP contribution is -2.57. The summed E-state index contributed by atoms with van der Waals surface area (Å²) in [5, 5.41) is 17.8. The highest BCUT2D eigenvalue weighted by atomic mass is 16.4. The minimum Gasteiger partial charge on any atom is -0.481 e. The van der Waals surface area contributed by atoms with Gasteiger partial charge in [-0.05, 0) is 53.9 Å². The van der Waals surface area contributed by atoms with Gasteiger partial charge in [-0.3, -0.25) is 14.3 Å². The summed E-state index contributed by atoms with van der Waals surface area (Å²) in [7, 11) is 0. The molecule has 3 aromatic carbocycles. The molecule has 1 heterocycles. The maximum absolute atomic E-state index is 13.2. The van der Waals surface area contributed by atoms with Crippen LogP contribution >= 0.6 is 0 Å². The Morgan fingerprint density at radius 2 is 1.63 bits per heavy atom. The second-order valence-corrected chi connectivity index (χ2v) is 10.1. The smallest absolute Gasteiger partial charge is 0.306 e. The Morgan fingerprint density at radius 1 is 0.914 bits per heavy atom. The Hall–Kier alpha value is -3.93. The molecular weight excluding hydrogens is 438 g/mol. The lowest BCUT2D eigenvalue weighted by atomic mass is 9.50. The monoisotopic (exact) mass is 465 g/mol. The van der Waals surface area contributed by atoms with Crippen molar-refractivity contribution in [2.75, 3.05) is 0 Å². The lowest BCUT2D eigenvalue weighted by molar-refractivity contribution is -0.155. The van der Waals surface area contributed by atoms with Gasteiger partial charge in [-0.25, -0.2) is 0 Å². The van der Waals surface area contributed by atoms with Gasteiger partial charge >= 0.3 is 5.97 Å². The topological polar surface area (TPSA) is 84.2 Å². The fraction of sp³-hybridized carbons (Fsp3) is 0.276. The van der Waals surface area contributed by atoms with E-state index in [-0.39, 0.29) is 23.3 Å². The normalized spacial score (nSPS) is 23.0. The number of carbonyl (C=O) groups is 2. The molecule has 176 valence electrons. The molecule has 2 aliphatic carbocycles. The summed E-state index contributed by atoms with van der Waals surface area (Å²) in [5.41, 5.74) is 5.05. The highest BCUT2D eigenvalue weighted by Crippen LogP contribution is 2.58. The van der Waals surface area contributed by atoms with Crippen molar-refractivity contribution in [3.8, 4) is 11.1 Å². The number of hydrogen-bond acceptors (Lipinski definition) is 3. The molecule has 6 nitrogen and oxygen atoms in total. The van der Waals surface area contributed by atoms with Crippen molar-refractivity contribution in [2.45, 2.75) is 38.3 Å². The van der Waals surface area contributed by atoms with Gasteiger partial charge in [0, 0.05) is 11.4 Å². The van der Waals surface area contributed by atoms with Crippen LogP contribution in [-0.4, -0.2) is 32.8 Å². The molecule has 35 heavy (non-hydrogen) atoms. The minimum absolute atomic E-state index is 0.0919. The Labute approximate surface area is 203 Å². The van der Waals surface area contributed by atoms with Crippen molar-refractivity contribution in [1.82, 2.24) is 15.1 Å². The number of hydrogen-bond donors (Lipinski definition) is 2. The predicted octanol–water partition coefficient (Wildman–Crippen LogP) is 5.12. The number of aliphatic carboxylic acids is 1.